The average Bonchev–Trinajstić information content (AvgIpc) is 2.42. The van der Waals surface area contributed by atoms with Gasteiger partial charge >= 0.3 is 0 Å². The third kappa shape index (κ3) is 8.13. The van der Waals surface area contributed by atoms with E-state index >= 15 is 0 Å². The van der Waals surface area contributed by atoms with Gasteiger partial charge in [-0.05, 0) is 18.6 Å². The molecule has 0 aliphatic heterocycles. The van der Waals surface area contributed by atoms with Crippen molar-refractivity contribution in [1.82, 2.24) is 0 Å². The second kappa shape index (κ2) is 11.1. The molecule has 0 bridgehead atoms. The molecule has 1 aromatic carbocycles. The summed E-state index contributed by atoms with van der Waals surface area (Å²) in [5.74, 6) is 0.936. The maximum absolute atomic E-state index is 5.58. The Hall–Kier alpha value is -1.02. The molecule has 1 aromatic rings. The van der Waals surface area contributed by atoms with E-state index in [1.54, 1.807) is 0 Å². The molecule has 0 spiro atoms. The van der Waals surface area contributed by atoms with Gasteiger partial charge in [-0.1, -0.05) is 50.8 Å². The van der Waals surface area contributed by atoms with Crippen molar-refractivity contribution in [3.05, 3.63) is 37.3 Å². The van der Waals surface area contributed by atoms with E-state index in [9.17, 15) is 0 Å². The SMILES string of the molecule is [CH2]CCCCCCOCCCOc1ccccc1. The van der Waals surface area contributed by atoms with Crippen LogP contribution in [0.2, 0.25) is 0 Å². The van der Waals surface area contributed by atoms with Crippen LogP contribution in [0.4, 0.5) is 0 Å². The molecular formula is C16H25O2. The molecule has 1 radical (unpaired) electrons. The molecule has 0 aliphatic rings. The molecule has 0 saturated heterocycles. The van der Waals surface area contributed by atoms with Crippen LogP contribution in [0, 0.1) is 6.92 Å². The monoisotopic (exact) mass is 249 g/mol. The van der Waals surface area contributed by atoms with Gasteiger partial charge < -0.3 is 9.47 Å². The number of ether oxygens (including phenoxy) is 2. The first kappa shape index (κ1) is 15.0. The Balaban J connectivity index is 1.82. The predicted molar refractivity (Wildman–Crippen MR) is 75.8 cm³/mol. The van der Waals surface area contributed by atoms with Gasteiger partial charge in [0.1, 0.15) is 5.75 Å². The zero-order valence-electron chi connectivity index (χ0n) is 11.3. The summed E-state index contributed by atoms with van der Waals surface area (Å²) in [5.41, 5.74) is 0. The van der Waals surface area contributed by atoms with Gasteiger partial charge in [-0.2, -0.15) is 0 Å². The fourth-order valence-electron chi connectivity index (χ4n) is 1.70. The van der Waals surface area contributed by atoms with Gasteiger partial charge in [0, 0.05) is 19.6 Å². The second-order valence-electron chi connectivity index (χ2n) is 4.40. The first-order chi connectivity index (χ1) is 8.93. The van der Waals surface area contributed by atoms with Crippen LogP contribution in [0.25, 0.3) is 0 Å². The Morgan fingerprint density at radius 1 is 0.778 bits per heavy atom. The Labute approximate surface area is 111 Å². The second-order valence-corrected chi connectivity index (χ2v) is 4.40. The van der Waals surface area contributed by atoms with E-state index in [0.29, 0.717) is 0 Å². The topological polar surface area (TPSA) is 18.5 Å². The number of unbranched alkanes of at least 4 members (excludes halogenated alkanes) is 4. The van der Waals surface area contributed by atoms with E-state index in [1.165, 1.54) is 25.7 Å². The molecule has 2 nitrogen and oxygen atoms in total. The van der Waals surface area contributed by atoms with Crippen molar-refractivity contribution in [2.24, 2.45) is 0 Å². The van der Waals surface area contributed by atoms with Gasteiger partial charge in [-0.15, -0.1) is 0 Å². The molecule has 0 N–H and O–H groups in total. The lowest BCUT2D eigenvalue weighted by molar-refractivity contribution is 0.116. The summed E-state index contributed by atoms with van der Waals surface area (Å²) in [4.78, 5) is 0. The normalized spacial score (nSPS) is 10.5. The number of hydrogen-bond donors (Lipinski definition) is 0. The van der Waals surface area contributed by atoms with Gasteiger partial charge in [-0.3, -0.25) is 0 Å². The van der Waals surface area contributed by atoms with E-state index in [1.807, 2.05) is 30.3 Å². The van der Waals surface area contributed by atoms with E-state index in [4.69, 9.17) is 9.47 Å². The molecule has 2 heteroatoms. The van der Waals surface area contributed by atoms with Crippen LogP contribution in [-0.2, 0) is 4.74 Å². The van der Waals surface area contributed by atoms with Crippen LogP contribution in [-0.4, -0.2) is 19.8 Å². The Morgan fingerprint density at radius 3 is 2.28 bits per heavy atom. The number of para-hydroxylation sites is 1. The van der Waals surface area contributed by atoms with Crippen LogP contribution in [0.3, 0.4) is 0 Å². The summed E-state index contributed by atoms with van der Waals surface area (Å²) in [7, 11) is 0. The highest BCUT2D eigenvalue weighted by Crippen LogP contribution is 2.08. The smallest absolute Gasteiger partial charge is 0.119 e. The summed E-state index contributed by atoms with van der Waals surface area (Å²) >= 11 is 0. The largest absolute Gasteiger partial charge is 0.494 e. The molecule has 0 aromatic heterocycles. The summed E-state index contributed by atoms with van der Waals surface area (Å²) in [6.45, 7) is 6.23. The highest BCUT2D eigenvalue weighted by Gasteiger charge is 1.93. The Morgan fingerprint density at radius 2 is 1.50 bits per heavy atom. The molecule has 0 fully saturated rings. The molecule has 18 heavy (non-hydrogen) atoms. The molecule has 0 saturated carbocycles. The highest BCUT2D eigenvalue weighted by atomic mass is 16.5. The van der Waals surface area contributed by atoms with E-state index in [-0.39, 0.29) is 0 Å². The molecule has 0 heterocycles. The summed E-state index contributed by atoms with van der Waals surface area (Å²) in [6.07, 6.45) is 6.95. The van der Waals surface area contributed by atoms with Crippen molar-refractivity contribution in [2.75, 3.05) is 19.8 Å². The standard InChI is InChI=1S/C16H25O2/c1-2-3-4-5-9-13-17-14-10-15-18-16-11-7-6-8-12-16/h6-8,11-12H,1-5,9-10,13-15H2. The van der Waals surface area contributed by atoms with Crippen LogP contribution in [0.15, 0.2) is 30.3 Å². The van der Waals surface area contributed by atoms with Crippen LogP contribution in [0.1, 0.15) is 38.5 Å². The lowest BCUT2D eigenvalue weighted by Crippen LogP contribution is -2.03. The summed E-state index contributed by atoms with van der Waals surface area (Å²) in [5, 5.41) is 0. The van der Waals surface area contributed by atoms with Crippen molar-refractivity contribution in [1.29, 1.82) is 0 Å². The van der Waals surface area contributed by atoms with Crippen molar-refractivity contribution in [3.8, 4) is 5.75 Å². The van der Waals surface area contributed by atoms with E-state index < -0.39 is 0 Å². The first-order valence-corrected chi connectivity index (χ1v) is 6.98. The lowest BCUT2D eigenvalue weighted by Gasteiger charge is -2.06. The zero-order valence-corrected chi connectivity index (χ0v) is 11.3. The Bertz CT molecular complexity index is 272. The van der Waals surface area contributed by atoms with Gasteiger partial charge in [-0.25, -0.2) is 0 Å². The minimum absolute atomic E-state index is 0.728. The molecule has 0 atom stereocenters. The third-order valence-electron chi connectivity index (χ3n) is 2.73. The molecule has 0 aliphatic carbocycles. The molecule has 1 rings (SSSR count). The molecule has 0 unspecified atom stereocenters. The zero-order chi connectivity index (χ0) is 12.9. The fraction of sp³-hybridized carbons (Fsp3) is 0.562. The van der Waals surface area contributed by atoms with Crippen molar-refractivity contribution in [3.63, 3.8) is 0 Å². The minimum Gasteiger partial charge on any atom is -0.494 e. The Kier molecular flexibility index (Phi) is 9.27. The lowest BCUT2D eigenvalue weighted by atomic mass is 10.2. The average molecular weight is 249 g/mol. The van der Waals surface area contributed by atoms with Crippen molar-refractivity contribution >= 4 is 0 Å². The van der Waals surface area contributed by atoms with Crippen molar-refractivity contribution < 1.29 is 9.47 Å². The summed E-state index contributed by atoms with van der Waals surface area (Å²) < 4.78 is 11.1. The van der Waals surface area contributed by atoms with Crippen LogP contribution in [0.5, 0.6) is 5.75 Å². The summed E-state index contributed by atoms with van der Waals surface area (Å²) in [6, 6.07) is 9.91. The van der Waals surface area contributed by atoms with Gasteiger partial charge in [0.05, 0.1) is 6.61 Å². The maximum Gasteiger partial charge on any atom is 0.119 e. The number of benzene rings is 1. The van der Waals surface area contributed by atoms with E-state index in [2.05, 4.69) is 6.92 Å². The number of hydrogen-bond acceptors (Lipinski definition) is 2. The number of rotatable bonds is 11. The first-order valence-electron chi connectivity index (χ1n) is 6.98. The minimum atomic E-state index is 0.728. The van der Waals surface area contributed by atoms with Crippen molar-refractivity contribution in [2.45, 2.75) is 38.5 Å². The van der Waals surface area contributed by atoms with Crippen LogP contribution >= 0.6 is 0 Å². The molecular weight excluding hydrogens is 224 g/mol. The maximum atomic E-state index is 5.58. The van der Waals surface area contributed by atoms with Gasteiger partial charge in [0.15, 0.2) is 0 Å². The predicted octanol–water partition coefficient (Wildman–Crippen LogP) is 4.26. The quantitative estimate of drug-likeness (QED) is 0.546. The molecule has 0 amide bonds. The third-order valence-corrected chi connectivity index (χ3v) is 2.73. The van der Waals surface area contributed by atoms with Crippen LogP contribution < -0.4 is 4.74 Å². The van der Waals surface area contributed by atoms with Gasteiger partial charge in [0.2, 0.25) is 0 Å². The molecule has 101 valence electrons. The van der Waals surface area contributed by atoms with E-state index in [0.717, 1.165) is 38.4 Å². The van der Waals surface area contributed by atoms with Gasteiger partial charge in [0.25, 0.3) is 0 Å². The highest BCUT2D eigenvalue weighted by molar-refractivity contribution is 5.20. The fourth-order valence-corrected chi connectivity index (χ4v) is 1.70.